The lowest BCUT2D eigenvalue weighted by Gasteiger charge is -2.15. The molecule has 0 saturated heterocycles. The van der Waals surface area contributed by atoms with Crippen molar-refractivity contribution < 1.29 is 19.0 Å². The monoisotopic (exact) mass is 485 g/mol. The minimum Gasteiger partial charge on any atom is -0.497 e. The molecule has 1 aliphatic rings. The summed E-state index contributed by atoms with van der Waals surface area (Å²) in [5.74, 6) is 2.38. The number of aromatic nitrogens is 2. The summed E-state index contributed by atoms with van der Waals surface area (Å²) in [4.78, 5) is 31.4. The Labute approximate surface area is 199 Å². The van der Waals surface area contributed by atoms with E-state index in [-0.39, 0.29) is 17.2 Å². The number of nitrogens with zero attached hydrogens (tertiary/aromatic N) is 2. The van der Waals surface area contributed by atoms with Gasteiger partial charge in [-0.15, -0.1) is 11.8 Å². The van der Waals surface area contributed by atoms with E-state index in [1.807, 2.05) is 18.2 Å². The van der Waals surface area contributed by atoms with Crippen LogP contribution in [0.25, 0.3) is 5.69 Å². The third-order valence-corrected chi connectivity index (χ3v) is 7.04. The van der Waals surface area contributed by atoms with Crippen LogP contribution in [0.3, 0.4) is 0 Å². The molecule has 1 N–H and O–H groups in total. The number of methoxy groups -OCH3 is 3. The van der Waals surface area contributed by atoms with Gasteiger partial charge in [-0.05, 0) is 24.3 Å². The molecule has 0 saturated carbocycles. The Morgan fingerprint density at radius 1 is 1.12 bits per heavy atom. The summed E-state index contributed by atoms with van der Waals surface area (Å²) in [6, 6.07) is 12.4. The molecule has 1 aliphatic heterocycles. The summed E-state index contributed by atoms with van der Waals surface area (Å²) in [7, 11) is 4.66. The molecule has 0 aliphatic carbocycles. The van der Waals surface area contributed by atoms with Crippen molar-refractivity contribution in [1.29, 1.82) is 0 Å². The fourth-order valence-corrected chi connectivity index (χ4v) is 5.25. The maximum absolute atomic E-state index is 13.3. The van der Waals surface area contributed by atoms with E-state index in [0.717, 1.165) is 17.9 Å². The first-order chi connectivity index (χ1) is 16.0. The van der Waals surface area contributed by atoms with Crippen LogP contribution < -0.4 is 25.1 Å². The van der Waals surface area contributed by atoms with Crippen LogP contribution in [0.15, 0.2) is 57.3 Å². The van der Waals surface area contributed by atoms with Crippen LogP contribution in [-0.4, -0.2) is 48.3 Å². The number of anilines is 1. The second-order valence-corrected chi connectivity index (χ2v) is 9.06. The highest BCUT2D eigenvalue weighted by molar-refractivity contribution is 8.00. The van der Waals surface area contributed by atoms with Crippen molar-refractivity contribution in [3.63, 3.8) is 0 Å². The predicted octanol–water partition coefficient (Wildman–Crippen LogP) is 3.64. The topological polar surface area (TPSA) is 91.7 Å². The molecule has 0 atom stereocenters. The first-order valence-corrected chi connectivity index (χ1v) is 12.1. The van der Waals surface area contributed by atoms with Crippen LogP contribution in [0.4, 0.5) is 5.69 Å². The highest BCUT2D eigenvalue weighted by atomic mass is 32.2. The normalized spacial score (nSPS) is 12.2. The molecule has 0 radical (unpaired) electrons. The van der Waals surface area contributed by atoms with Gasteiger partial charge in [0.2, 0.25) is 5.91 Å². The lowest BCUT2D eigenvalue weighted by Crippen LogP contribution is -2.24. The number of amides is 1. The number of carbonyl (C=O) groups excluding carboxylic acids is 1. The third kappa shape index (κ3) is 4.96. The third-order valence-electron chi connectivity index (χ3n) is 4.99. The minimum atomic E-state index is -0.257. The van der Waals surface area contributed by atoms with Crippen LogP contribution in [0.2, 0.25) is 0 Å². The predicted molar refractivity (Wildman–Crippen MR) is 130 cm³/mol. The zero-order chi connectivity index (χ0) is 23.4. The first-order valence-electron chi connectivity index (χ1n) is 10.1. The Bertz CT molecular complexity index is 1250. The van der Waals surface area contributed by atoms with Gasteiger partial charge in [-0.2, -0.15) is 0 Å². The molecule has 1 aromatic heterocycles. The van der Waals surface area contributed by atoms with E-state index >= 15 is 0 Å². The average molecular weight is 486 g/mol. The van der Waals surface area contributed by atoms with Crippen molar-refractivity contribution in [2.75, 3.05) is 38.2 Å². The molecule has 1 amide bonds. The van der Waals surface area contributed by atoms with Gasteiger partial charge >= 0.3 is 0 Å². The number of nitrogens with one attached hydrogen (secondary N) is 1. The maximum atomic E-state index is 13.3. The number of rotatable bonds is 8. The number of ether oxygens (including phenoxy) is 3. The standard InChI is InChI=1S/C23H23N3O5S2/c1-29-15-6-4-5-14(11-15)26-22(28)21-17(9-10-32-21)25-23(26)33-13-20(27)24-18-12-16(30-2)7-8-19(18)31-3/h4-8,11-12H,9-10,13H2,1-3H3,(H,24,27). The molecule has 3 aromatic rings. The number of hydrogen-bond acceptors (Lipinski definition) is 8. The van der Waals surface area contributed by atoms with E-state index in [2.05, 4.69) is 5.32 Å². The largest absolute Gasteiger partial charge is 0.497 e. The number of benzene rings is 2. The Morgan fingerprint density at radius 2 is 1.91 bits per heavy atom. The van der Waals surface area contributed by atoms with Crippen molar-refractivity contribution >= 4 is 35.1 Å². The summed E-state index contributed by atoms with van der Waals surface area (Å²) in [6.07, 6.45) is 0.731. The summed E-state index contributed by atoms with van der Waals surface area (Å²) >= 11 is 2.72. The first kappa shape index (κ1) is 23.1. The average Bonchev–Trinajstić information content (AvgIpc) is 3.32. The van der Waals surface area contributed by atoms with Gasteiger partial charge in [0, 0.05) is 24.3 Å². The van der Waals surface area contributed by atoms with E-state index in [1.165, 1.54) is 30.6 Å². The summed E-state index contributed by atoms with van der Waals surface area (Å²) in [5, 5.41) is 3.31. The number of fused-ring (bicyclic) bond motifs is 1. The van der Waals surface area contributed by atoms with Crippen molar-refractivity contribution in [3.8, 4) is 22.9 Å². The van der Waals surface area contributed by atoms with Crippen molar-refractivity contribution in [2.24, 2.45) is 0 Å². The molecule has 0 bridgehead atoms. The highest BCUT2D eigenvalue weighted by Gasteiger charge is 2.23. The molecule has 8 nitrogen and oxygen atoms in total. The van der Waals surface area contributed by atoms with Crippen molar-refractivity contribution in [1.82, 2.24) is 9.55 Å². The van der Waals surface area contributed by atoms with Crippen LogP contribution in [0.1, 0.15) is 5.69 Å². The zero-order valence-electron chi connectivity index (χ0n) is 18.4. The SMILES string of the molecule is COc1cccc(-n2c(SCC(=O)Nc3cc(OC)ccc3OC)nc3c(c2=O)SCC3)c1. The number of hydrogen-bond donors (Lipinski definition) is 1. The van der Waals surface area contributed by atoms with E-state index < -0.39 is 0 Å². The van der Waals surface area contributed by atoms with E-state index in [1.54, 1.807) is 43.1 Å². The molecule has 172 valence electrons. The lowest BCUT2D eigenvalue weighted by molar-refractivity contribution is -0.113. The molecule has 2 heterocycles. The molecule has 0 unspecified atom stereocenters. The fraction of sp³-hybridized carbons (Fsp3) is 0.261. The Kier molecular flexibility index (Phi) is 7.14. The van der Waals surface area contributed by atoms with E-state index in [4.69, 9.17) is 19.2 Å². The molecule has 0 fully saturated rings. The number of carbonyl (C=O) groups is 1. The molecule has 10 heteroatoms. The van der Waals surface area contributed by atoms with Crippen molar-refractivity contribution in [2.45, 2.75) is 16.5 Å². The molecule has 4 rings (SSSR count). The second-order valence-electron chi connectivity index (χ2n) is 7.01. The van der Waals surface area contributed by atoms with Gasteiger partial charge in [-0.3, -0.25) is 14.2 Å². The number of aryl methyl sites for hydroxylation is 1. The van der Waals surface area contributed by atoms with E-state index in [0.29, 0.717) is 38.7 Å². The summed E-state index contributed by atoms with van der Waals surface area (Å²) < 4.78 is 17.4. The quantitative estimate of drug-likeness (QED) is 0.382. The van der Waals surface area contributed by atoms with Gasteiger partial charge in [-0.1, -0.05) is 17.8 Å². The van der Waals surface area contributed by atoms with Crippen LogP contribution in [-0.2, 0) is 11.2 Å². The second kappa shape index (κ2) is 10.2. The maximum Gasteiger partial charge on any atom is 0.272 e. The zero-order valence-corrected chi connectivity index (χ0v) is 20.0. The van der Waals surface area contributed by atoms with Crippen molar-refractivity contribution in [3.05, 3.63) is 58.5 Å². The highest BCUT2D eigenvalue weighted by Crippen LogP contribution is 2.32. The Hall–Kier alpha value is -3.11. The van der Waals surface area contributed by atoms with Crippen LogP contribution >= 0.6 is 23.5 Å². The molecular formula is C23H23N3O5S2. The molecule has 2 aromatic carbocycles. The molecular weight excluding hydrogens is 462 g/mol. The number of thioether (sulfide) groups is 2. The lowest BCUT2D eigenvalue weighted by atomic mass is 10.2. The summed E-state index contributed by atoms with van der Waals surface area (Å²) in [6.45, 7) is 0. The van der Waals surface area contributed by atoms with E-state index in [9.17, 15) is 9.59 Å². The fourth-order valence-electron chi connectivity index (χ4n) is 3.39. The molecule has 0 spiro atoms. The smallest absolute Gasteiger partial charge is 0.272 e. The Balaban J connectivity index is 1.61. The van der Waals surface area contributed by atoms with Gasteiger partial charge in [0.1, 0.15) is 17.2 Å². The van der Waals surface area contributed by atoms with Gasteiger partial charge in [-0.25, -0.2) is 4.98 Å². The summed E-state index contributed by atoms with van der Waals surface area (Å²) in [5.41, 5.74) is 1.79. The van der Waals surface area contributed by atoms with Gasteiger partial charge in [0.25, 0.3) is 5.56 Å². The van der Waals surface area contributed by atoms with Gasteiger partial charge < -0.3 is 19.5 Å². The van der Waals surface area contributed by atoms with Gasteiger partial charge in [0.15, 0.2) is 5.16 Å². The van der Waals surface area contributed by atoms with Crippen LogP contribution in [0, 0.1) is 0 Å². The van der Waals surface area contributed by atoms with Gasteiger partial charge in [0.05, 0.1) is 49.0 Å². The molecule has 33 heavy (non-hydrogen) atoms. The minimum absolute atomic E-state index is 0.0582. The Morgan fingerprint density at radius 3 is 2.67 bits per heavy atom. The van der Waals surface area contributed by atoms with Crippen LogP contribution in [0.5, 0.6) is 17.2 Å².